The number of amides is 1. The Morgan fingerprint density at radius 1 is 0.964 bits per heavy atom. The number of benzene rings is 2. The van der Waals surface area contributed by atoms with Crippen LogP contribution in [0.25, 0.3) is 0 Å². The van der Waals surface area contributed by atoms with Crippen LogP contribution >= 0.6 is 0 Å². The molecule has 0 heterocycles. The van der Waals surface area contributed by atoms with E-state index in [0.29, 0.717) is 22.8 Å². The Morgan fingerprint density at radius 3 is 2.21 bits per heavy atom. The monoisotopic (exact) mass is 408 g/mol. The Morgan fingerprint density at radius 2 is 1.64 bits per heavy atom. The van der Waals surface area contributed by atoms with Gasteiger partial charge < -0.3 is 19.5 Å². The van der Waals surface area contributed by atoms with Crippen molar-refractivity contribution in [3.8, 4) is 17.2 Å². The van der Waals surface area contributed by atoms with E-state index >= 15 is 0 Å². The molecule has 0 aliphatic carbocycles. The topological polar surface area (TPSA) is 94.2 Å². The average Bonchev–Trinajstić information content (AvgIpc) is 2.67. The van der Waals surface area contributed by atoms with Crippen molar-refractivity contribution in [1.82, 2.24) is 4.31 Å². The van der Waals surface area contributed by atoms with Crippen molar-refractivity contribution < 1.29 is 27.4 Å². The molecular formula is C19H24N2O6S. The molecule has 0 saturated carbocycles. The average molecular weight is 408 g/mol. The molecule has 0 unspecified atom stereocenters. The molecule has 0 spiro atoms. The van der Waals surface area contributed by atoms with Crippen molar-refractivity contribution >= 4 is 21.6 Å². The molecule has 2 rings (SSSR count). The number of rotatable bonds is 8. The zero-order chi connectivity index (χ0) is 20.9. The van der Waals surface area contributed by atoms with Gasteiger partial charge in [-0.3, -0.25) is 4.79 Å². The summed E-state index contributed by atoms with van der Waals surface area (Å²) < 4.78 is 41.5. The van der Waals surface area contributed by atoms with Crippen molar-refractivity contribution in [2.24, 2.45) is 0 Å². The van der Waals surface area contributed by atoms with E-state index in [1.807, 2.05) is 0 Å². The van der Waals surface area contributed by atoms with Crippen LogP contribution in [0, 0.1) is 0 Å². The van der Waals surface area contributed by atoms with Crippen LogP contribution in [-0.2, 0) is 21.2 Å². The van der Waals surface area contributed by atoms with Gasteiger partial charge in [0.25, 0.3) is 0 Å². The molecule has 0 aliphatic heterocycles. The molecule has 152 valence electrons. The molecule has 0 atom stereocenters. The third kappa shape index (κ3) is 4.73. The summed E-state index contributed by atoms with van der Waals surface area (Å²) in [6.45, 7) is 0. The van der Waals surface area contributed by atoms with E-state index in [-0.39, 0.29) is 22.9 Å². The van der Waals surface area contributed by atoms with E-state index < -0.39 is 10.0 Å². The second kappa shape index (κ2) is 8.94. The first-order valence-electron chi connectivity index (χ1n) is 8.34. The summed E-state index contributed by atoms with van der Waals surface area (Å²) in [5.41, 5.74) is 0.930. The Bertz CT molecular complexity index is 957. The van der Waals surface area contributed by atoms with Gasteiger partial charge in [-0.25, -0.2) is 12.7 Å². The van der Waals surface area contributed by atoms with Gasteiger partial charge in [0, 0.05) is 25.7 Å². The summed E-state index contributed by atoms with van der Waals surface area (Å²) in [5, 5.41) is 2.71. The molecule has 28 heavy (non-hydrogen) atoms. The normalized spacial score (nSPS) is 11.2. The maximum atomic E-state index is 12.6. The first kappa shape index (κ1) is 21.5. The van der Waals surface area contributed by atoms with Gasteiger partial charge in [-0.05, 0) is 24.3 Å². The number of anilines is 1. The Kier molecular flexibility index (Phi) is 6.87. The summed E-state index contributed by atoms with van der Waals surface area (Å²) in [5.74, 6) is 1.14. The van der Waals surface area contributed by atoms with Crippen molar-refractivity contribution in [3.05, 3.63) is 42.0 Å². The molecule has 0 radical (unpaired) electrons. The van der Waals surface area contributed by atoms with Crippen molar-refractivity contribution in [1.29, 1.82) is 0 Å². The number of hydrogen-bond acceptors (Lipinski definition) is 6. The minimum absolute atomic E-state index is 0.0288. The lowest BCUT2D eigenvalue weighted by atomic mass is 10.1. The van der Waals surface area contributed by atoms with E-state index in [1.165, 1.54) is 46.5 Å². The van der Waals surface area contributed by atoms with Gasteiger partial charge in [0.2, 0.25) is 15.9 Å². The van der Waals surface area contributed by atoms with E-state index in [0.717, 1.165) is 4.31 Å². The second-order valence-electron chi connectivity index (χ2n) is 6.05. The van der Waals surface area contributed by atoms with Crippen LogP contribution in [-0.4, -0.2) is 54.1 Å². The SMILES string of the molecule is COc1ccc(CC(=O)Nc2cc(S(=O)(=O)N(C)C)ccc2OC)c(OC)c1. The molecule has 2 aromatic carbocycles. The first-order valence-corrected chi connectivity index (χ1v) is 9.78. The Balaban J connectivity index is 2.28. The lowest BCUT2D eigenvalue weighted by Gasteiger charge is -2.15. The predicted octanol–water partition coefficient (Wildman–Crippen LogP) is 2.14. The van der Waals surface area contributed by atoms with Crippen LogP contribution < -0.4 is 19.5 Å². The van der Waals surface area contributed by atoms with E-state index in [1.54, 1.807) is 25.3 Å². The minimum Gasteiger partial charge on any atom is -0.497 e. The number of ether oxygens (including phenoxy) is 3. The molecule has 2 aromatic rings. The molecule has 0 bridgehead atoms. The van der Waals surface area contributed by atoms with Gasteiger partial charge in [-0.1, -0.05) is 6.07 Å². The summed E-state index contributed by atoms with van der Waals surface area (Å²) >= 11 is 0. The molecule has 0 fully saturated rings. The number of nitrogens with one attached hydrogen (secondary N) is 1. The number of hydrogen-bond donors (Lipinski definition) is 1. The number of methoxy groups -OCH3 is 3. The number of carbonyl (C=O) groups excluding carboxylic acids is 1. The highest BCUT2D eigenvalue weighted by atomic mass is 32.2. The quantitative estimate of drug-likeness (QED) is 0.719. The molecule has 0 aromatic heterocycles. The van der Waals surface area contributed by atoms with Crippen LogP contribution in [0.15, 0.2) is 41.3 Å². The van der Waals surface area contributed by atoms with Crippen LogP contribution in [0.5, 0.6) is 17.2 Å². The van der Waals surface area contributed by atoms with E-state index in [4.69, 9.17) is 14.2 Å². The first-order chi connectivity index (χ1) is 13.2. The summed E-state index contributed by atoms with van der Waals surface area (Å²) in [4.78, 5) is 12.6. The summed E-state index contributed by atoms with van der Waals surface area (Å²) in [7, 11) is 3.73. The van der Waals surface area contributed by atoms with Crippen molar-refractivity contribution in [2.45, 2.75) is 11.3 Å². The van der Waals surface area contributed by atoms with E-state index in [9.17, 15) is 13.2 Å². The molecule has 9 heteroatoms. The maximum Gasteiger partial charge on any atom is 0.242 e. The third-order valence-electron chi connectivity index (χ3n) is 4.07. The van der Waals surface area contributed by atoms with Gasteiger partial charge in [-0.15, -0.1) is 0 Å². The predicted molar refractivity (Wildman–Crippen MR) is 106 cm³/mol. The van der Waals surface area contributed by atoms with Crippen LogP contribution in [0.2, 0.25) is 0 Å². The highest BCUT2D eigenvalue weighted by Gasteiger charge is 2.20. The molecule has 1 N–H and O–H groups in total. The van der Waals surface area contributed by atoms with Crippen molar-refractivity contribution in [3.63, 3.8) is 0 Å². The van der Waals surface area contributed by atoms with Crippen molar-refractivity contribution in [2.75, 3.05) is 40.7 Å². The second-order valence-corrected chi connectivity index (χ2v) is 8.20. The highest BCUT2D eigenvalue weighted by Crippen LogP contribution is 2.29. The maximum absolute atomic E-state index is 12.6. The molecule has 8 nitrogen and oxygen atoms in total. The Hall–Kier alpha value is -2.78. The molecular weight excluding hydrogens is 384 g/mol. The third-order valence-corrected chi connectivity index (χ3v) is 5.88. The largest absolute Gasteiger partial charge is 0.497 e. The number of nitrogens with zero attached hydrogens (tertiary/aromatic N) is 1. The molecule has 1 amide bonds. The van der Waals surface area contributed by atoms with Gasteiger partial charge >= 0.3 is 0 Å². The van der Waals surface area contributed by atoms with Crippen LogP contribution in [0.1, 0.15) is 5.56 Å². The number of carbonyl (C=O) groups is 1. The standard InChI is InChI=1S/C19H24N2O6S/c1-21(2)28(23,24)15-8-9-17(26-4)16(12-15)20-19(22)10-13-6-7-14(25-3)11-18(13)27-5/h6-9,11-12H,10H2,1-5H3,(H,20,22). The number of sulfonamides is 1. The fourth-order valence-corrected chi connectivity index (χ4v) is 3.45. The van der Waals surface area contributed by atoms with Crippen LogP contribution in [0.4, 0.5) is 5.69 Å². The minimum atomic E-state index is -3.64. The van der Waals surface area contributed by atoms with Gasteiger partial charge in [0.1, 0.15) is 17.2 Å². The van der Waals surface area contributed by atoms with E-state index in [2.05, 4.69) is 5.32 Å². The van der Waals surface area contributed by atoms with Gasteiger partial charge in [0.05, 0.1) is 38.3 Å². The lowest BCUT2D eigenvalue weighted by Crippen LogP contribution is -2.22. The molecule has 0 aliphatic rings. The zero-order valence-corrected chi connectivity index (χ0v) is 17.3. The summed E-state index contributed by atoms with van der Waals surface area (Å²) in [6.07, 6.45) is 0.0288. The van der Waals surface area contributed by atoms with Gasteiger partial charge in [0.15, 0.2) is 0 Å². The highest BCUT2D eigenvalue weighted by molar-refractivity contribution is 7.89. The fourth-order valence-electron chi connectivity index (χ4n) is 2.52. The smallest absolute Gasteiger partial charge is 0.242 e. The lowest BCUT2D eigenvalue weighted by molar-refractivity contribution is -0.115. The zero-order valence-electron chi connectivity index (χ0n) is 16.5. The van der Waals surface area contributed by atoms with Crippen LogP contribution in [0.3, 0.4) is 0 Å². The molecule has 0 saturated heterocycles. The summed E-state index contributed by atoms with van der Waals surface area (Å²) in [6, 6.07) is 9.46. The fraction of sp³-hybridized carbons (Fsp3) is 0.316. The Labute approximate surface area is 165 Å². The van der Waals surface area contributed by atoms with Gasteiger partial charge in [-0.2, -0.15) is 0 Å².